The van der Waals surface area contributed by atoms with Gasteiger partial charge in [0, 0.05) is 0 Å². The number of hydrogen-bond acceptors (Lipinski definition) is 2. The zero-order chi connectivity index (χ0) is 6.85. The number of hydrogen-bond donors (Lipinski definition) is 2. The average molecular weight is 124 g/mol. The molecule has 1 aliphatic carbocycles. The molecule has 0 fully saturated rings. The predicted octanol–water partition coefficient (Wildman–Crippen LogP) is 0.915. The molecule has 2 nitrogen and oxygen atoms in total. The van der Waals surface area contributed by atoms with Gasteiger partial charge in [0.15, 0.2) is 0 Å². The third-order valence-corrected chi connectivity index (χ3v) is 1.16. The molecule has 48 valence electrons. The summed E-state index contributed by atoms with van der Waals surface area (Å²) in [4.78, 5) is 0. The number of allylic oxidation sites excluding steroid dienone is 1. The first kappa shape index (κ1) is 6.11. The fraction of sp³-hybridized carbons (Fsp3) is 0.143. The van der Waals surface area contributed by atoms with Crippen molar-refractivity contribution in [2.24, 2.45) is 0 Å². The maximum Gasteiger partial charge on any atom is 0.115 e. The molecule has 1 aliphatic rings. The van der Waals surface area contributed by atoms with Gasteiger partial charge in [-0.1, -0.05) is 6.58 Å². The highest BCUT2D eigenvalue weighted by Crippen LogP contribution is 2.11. The van der Waals surface area contributed by atoms with Gasteiger partial charge in [0.1, 0.15) is 5.76 Å². The lowest BCUT2D eigenvalue weighted by Crippen LogP contribution is -2.07. The Bertz CT molecular complexity index is 189. The molecule has 2 N–H and O–H groups in total. The van der Waals surface area contributed by atoms with Crippen LogP contribution in [-0.4, -0.2) is 16.3 Å². The van der Waals surface area contributed by atoms with Gasteiger partial charge in [-0.15, -0.1) is 0 Å². The first-order chi connectivity index (χ1) is 4.20. The first-order valence-corrected chi connectivity index (χ1v) is 2.66. The minimum absolute atomic E-state index is 0.144. The SMILES string of the molecule is C=C1C=C(O)C=CC1O. The van der Waals surface area contributed by atoms with Gasteiger partial charge in [-0.3, -0.25) is 0 Å². The largest absolute Gasteiger partial charge is 0.508 e. The van der Waals surface area contributed by atoms with Gasteiger partial charge in [-0.2, -0.15) is 0 Å². The molecule has 0 bridgehead atoms. The summed E-state index contributed by atoms with van der Waals surface area (Å²) in [5.41, 5.74) is 0.523. The molecule has 1 rings (SSSR count). The molecule has 0 aromatic carbocycles. The number of aliphatic hydroxyl groups is 2. The van der Waals surface area contributed by atoms with E-state index in [1.54, 1.807) is 0 Å². The molecule has 0 spiro atoms. The summed E-state index contributed by atoms with van der Waals surface area (Å²) in [7, 11) is 0. The van der Waals surface area contributed by atoms with Crippen molar-refractivity contribution >= 4 is 0 Å². The third-order valence-electron chi connectivity index (χ3n) is 1.16. The smallest absolute Gasteiger partial charge is 0.115 e. The Kier molecular flexibility index (Phi) is 1.40. The summed E-state index contributed by atoms with van der Waals surface area (Å²) in [6.07, 6.45) is 3.74. The van der Waals surface area contributed by atoms with E-state index in [4.69, 9.17) is 10.2 Å². The third kappa shape index (κ3) is 1.21. The fourth-order valence-corrected chi connectivity index (χ4v) is 0.637. The van der Waals surface area contributed by atoms with Crippen LogP contribution < -0.4 is 0 Å². The molecule has 1 atom stereocenters. The molecule has 0 heterocycles. The van der Waals surface area contributed by atoms with Crippen LogP contribution in [0.1, 0.15) is 0 Å². The summed E-state index contributed by atoms with van der Waals surface area (Å²) in [6.45, 7) is 3.51. The molecule has 1 unspecified atom stereocenters. The van der Waals surface area contributed by atoms with Crippen LogP contribution >= 0.6 is 0 Å². The number of rotatable bonds is 0. The minimum atomic E-state index is -0.624. The molecule has 9 heavy (non-hydrogen) atoms. The highest BCUT2D eigenvalue weighted by molar-refractivity contribution is 5.34. The minimum Gasteiger partial charge on any atom is -0.508 e. The molecule has 0 saturated carbocycles. The summed E-state index contributed by atoms with van der Waals surface area (Å²) >= 11 is 0. The van der Waals surface area contributed by atoms with E-state index < -0.39 is 6.10 Å². The van der Waals surface area contributed by atoms with Crippen LogP contribution in [0.5, 0.6) is 0 Å². The van der Waals surface area contributed by atoms with Crippen molar-refractivity contribution in [2.75, 3.05) is 0 Å². The van der Waals surface area contributed by atoms with Crippen molar-refractivity contribution < 1.29 is 10.2 Å². The Morgan fingerprint density at radius 3 is 2.67 bits per heavy atom. The lowest BCUT2D eigenvalue weighted by atomic mass is 10.1. The highest BCUT2D eigenvalue weighted by Gasteiger charge is 2.06. The van der Waals surface area contributed by atoms with Gasteiger partial charge in [0.25, 0.3) is 0 Å². The molecular weight excluding hydrogens is 116 g/mol. The number of aliphatic hydroxyl groups excluding tert-OH is 2. The Morgan fingerprint density at radius 2 is 2.22 bits per heavy atom. The molecule has 0 radical (unpaired) electrons. The maximum absolute atomic E-state index is 8.95. The van der Waals surface area contributed by atoms with Crippen molar-refractivity contribution in [3.05, 3.63) is 36.1 Å². The monoisotopic (exact) mass is 124 g/mol. The zero-order valence-corrected chi connectivity index (χ0v) is 4.91. The molecule has 0 amide bonds. The molecular formula is C7H8O2. The molecule has 0 saturated heterocycles. The van der Waals surface area contributed by atoms with Crippen LogP contribution in [0.2, 0.25) is 0 Å². The quantitative estimate of drug-likeness (QED) is 0.504. The second kappa shape index (κ2) is 2.07. The van der Waals surface area contributed by atoms with E-state index >= 15 is 0 Å². The topological polar surface area (TPSA) is 40.5 Å². The van der Waals surface area contributed by atoms with E-state index in [-0.39, 0.29) is 5.76 Å². The first-order valence-electron chi connectivity index (χ1n) is 2.66. The Hall–Kier alpha value is -1.02. The van der Waals surface area contributed by atoms with Gasteiger partial charge in [0.05, 0.1) is 6.10 Å². The predicted molar refractivity (Wildman–Crippen MR) is 35.0 cm³/mol. The van der Waals surface area contributed by atoms with Crippen molar-refractivity contribution in [1.29, 1.82) is 0 Å². The molecule has 2 heteroatoms. The summed E-state index contributed by atoms with van der Waals surface area (Å²) in [5.74, 6) is 0.144. The van der Waals surface area contributed by atoms with E-state index in [0.29, 0.717) is 5.57 Å². The van der Waals surface area contributed by atoms with Gasteiger partial charge in [-0.25, -0.2) is 0 Å². The van der Waals surface area contributed by atoms with Crippen LogP contribution in [0, 0.1) is 0 Å². The molecule has 0 aromatic heterocycles. The van der Waals surface area contributed by atoms with Gasteiger partial charge >= 0.3 is 0 Å². The maximum atomic E-state index is 8.95. The Balaban J connectivity index is 2.82. The second-order valence-electron chi connectivity index (χ2n) is 1.95. The van der Waals surface area contributed by atoms with Gasteiger partial charge < -0.3 is 10.2 Å². The van der Waals surface area contributed by atoms with Crippen molar-refractivity contribution in [1.82, 2.24) is 0 Å². The lowest BCUT2D eigenvalue weighted by Gasteiger charge is -2.09. The van der Waals surface area contributed by atoms with Gasteiger partial charge in [-0.05, 0) is 23.8 Å². The van der Waals surface area contributed by atoms with E-state index in [1.165, 1.54) is 18.2 Å². The Morgan fingerprint density at radius 1 is 1.56 bits per heavy atom. The zero-order valence-electron chi connectivity index (χ0n) is 4.91. The Labute approximate surface area is 53.4 Å². The molecule has 0 aliphatic heterocycles. The summed E-state index contributed by atoms with van der Waals surface area (Å²) < 4.78 is 0. The summed E-state index contributed by atoms with van der Waals surface area (Å²) in [5, 5.41) is 17.8. The normalized spacial score (nSPS) is 26.1. The van der Waals surface area contributed by atoms with Crippen LogP contribution in [0.4, 0.5) is 0 Å². The standard InChI is InChI=1S/C7H8O2/c1-5-4-6(8)2-3-7(5)9/h2-4,7-9H,1H2. The van der Waals surface area contributed by atoms with E-state index in [1.807, 2.05) is 0 Å². The lowest BCUT2D eigenvalue weighted by molar-refractivity contribution is 0.259. The summed E-state index contributed by atoms with van der Waals surface area (Å²) in [6, 6.07) is 0. The average Bonchev–Trinajstić information content (AvgIpc) is 1.80. The second-order valence-corrected chi connectivity index (χ2v) is 1.95. The molecule has 0 aromatic rings. The van der Waals surface area contributed by atoms with Crippen LogP contribution in [0.3, 0.4) is 0 Å². The van der Waals surface area contributed by atoms with Crippen molar-refractivity contribution in [2.45, 2.75) is 6.10 Å². The fourth-order valence-electron chi connectivity index (χ4n) is 0.637. The van der Waals surface area contributed by atoms with Crippen molar-refractivity contribution in [3.8, 4) is 0 Å². The van der Waals surface area contributed by atoms with Gasteiger partial charge in [0.2, 0.25) is 0 Å². The van der Waals surface area contributed by atoms with E-state index in [2.05, 4.69) is 6.58 Å². The van der Waals surface area contributed by atoms with Crippen LogP contribution in [-0.2, 0) is 0 Å². The van der Waals surface area contributed by atoms with Crippen molar-refractivity contribution in [3.63, 3.8) is 0 Å². The van der Waals surface area contributed by atoms with E-state index in [9.17, 15) is 0 Å². The van der Waals surface area contributed by atoms with E-state index in [0.717, 1.165) is 0 Å². The van der Waals surface area contributed by atoms with Crippen LogP contribution in [0.15, 0.2) is 36.1 Å². The highest BCUT2D eigenvalue weighted by atomic mass is 16.3. The van der Waals surface area contributed by atoms with Crippen LogP contribution in [0.25, 0.3) is 0 Å².